The van der Waals surface area contributed by atoms with Gasteiger partial charge in [-0.15, -0.1) is 0 Å². The van der Waals surface area contributed by atoms with E-state index in [9.17, 15) is 8.78 Å². The Morgan fingerprint density at radius 1 is 1.60 bits per heavy atom. The van der Waals surface area contributed by atoms with Crippen LogP contribution in [0, 0.1) is 0 Å². The number of halogens is 2. The smallest absolute Gasteiger partial charge is 0.320 e. The summed E-state index contributed by atoms with van der Waals surface area (Å²) in [5.74, 6) is 0.203. The van der Waals surface area contributed by atoms with E-state index in [4.69, 9.17) is 10.5 Å². The third-order valence-corrected chi connectivity index (χ3v) is 1.66. The summed E-state index contributed by atoms with van der Waals surface area (Å²) >= 11 is 0. The Bertz CT molecular complexity index is 307. The highest BCUT2D eigenvalue weighted by molar-refractivity contribution is 4.90. The molecule has 0 fully saturated rings. The minimum atomic E-state index is -2.59. The molecule has 6 heteroatoms. The summed E-state index contributed by atoms with van der Waals surface area (Å²) in [5, 5.41) is 0. The molecule has 1 rings (SSSR count). The summed E-state index contributed by atoms with van der Waals surface area (Å²) in [7, 11) is 0. The zero-order valence-electron chi connectivity index (χ0n) is 8.78. The highest BCUT2D eigenvalue weighted by Crippen LogP contribution is 2.13. The van der Waals surface area contributed by atoms with Crippen LogP contribution in [0.25, 0.3) is 0 Å². The summed E-state index contributed by atoms with van der Waals surface area (Å²) in [6.07, 6.45) is 2.54. The Morgan fingerprint density at radius 2 is 2.27 bits per heavy atom. The van der Waals surface area contributed by atoms with Crippen molar-refractivity contribution in [1.29, 1.82) is 0 Å². The van der Waals surface area contributed by atoms with Gasteiger partial charge in [-0.1, -0.05) is 0 Å². The van der Waals surface area contributed by atoms with Crippen LogP contribution in [-0.4, -0.2) is 21.7 Å². The minimum absolute atomic E-state index is 0.0397. The molecule has 86 valence electrons. The first kappa shape index (κ1) is 12.1. The molecule has 0 aliphatic carbocycles. The molecule has 0 spiro atoms. The third-order valence-electron chi connectivity index (χ3n) is 1.66. The molecule has 0 bridgehead atoms. The first-order valence-electron chi connectivity index (χ1n) is 4.56. The van der Waals surface area contributed by atoms with Crippen molar-refractivity contribution in [3.63, 3.8) is 0 Å². The van der Waals surface area contributed by atoms with Gasteiger partial charge < -0.3 is 10.5 Å². The number of nitrogens with zero attached hydrogens (tertiary/aromatic N) is 2. The average Bonchev–Trinajstić information content (AvgIpc) is 2.49. The van der Waals surface area contributed by atoms with Gasteiger partial charge in [-0.25, -0.2) is 4.98 Å². The van der Waals surface area contributed by atoms with Gasteiger partial charge in [0.05, 0.1) is 6.61 Å². The van der Waals surface area contributed by atoms with E-state index in [0.717, 1.165) is 4.57 Å². The summed E-state index contributed by atoms with van der Waals surface area (Å²) in [6.45, 7) is 1.34. The van der Waals surface area contributed by atoms with Crippen molar-refractivity contribution in [2.24, 2.45) is 5.73 Å². The maximum atomic E-state index is 12.4. The van der Waals surface area contributed by atoms with Crippen molar-refractivity contribution >= 4 is 0 Å². The molecule has 1 heterocycles. The van der Waals surface area contributed by atoms with Crippen molar-refractivity contribution in [3.8, 4) is 0 Å². The van der Waals surface area contributed by atoms with Gasteiger partial charge in [-0.05, 0) is 13.8 Å². The van der Waals surface area contributed by atoms with Gasteiger partial charge >= 0.3 is 6.55 Å². The lowest BCUT2D eigenvalue weighted by Gasteiger charge is -2.18. The first-order chi connectivity index (χ1) is 6.90. The Hall–Kier alpha value is -1.01. The number of nitrogens with two attached hydrogens (primary N) is 1. The number of hydrogen-bond donors (Lipinski definition) is 1. The molecule has 0 atom stereocenters. The number of hydrogen-bond acceptors (Lipinski definition) is 3. The van der Waals surface area contributed by atoms with Crippen LogP contribution in [0.2, 0.25) is 0 Å². The second kappa shape index (κ2) is 4.67. The SMILES string of the molecule is CC(C)(N)COCc1nccn1C(F)F. The molecule has 0 aliphatic rings. The molecular formula is C9H15F2N3O. The molecule has 0 saturated carbocycles. The molecule has 0 amide bonds. The molecule has 0 aromatic carbocycles. The molecule has 0 aliphatic heterocycles. The van der Waals surface area contributed by atoms with Crippen molar-refractivity contribution in [2.75, 3.05) is 6.61 Å². The minimum Gasteiger partial charge on any atom is -0.372 e. The first-order valence-corrected chi connectivity index (χ1v) is 4.56. The van der Waals surface area contributed by atoms with Crippen LogP contribution in [0.3, 0.4) is 0 Å². The van der Waals surface area contributed by atoms with E-state index < -0.39 is 12.1 Å². The molecule has 0 unspecified atom stereocenters. The van der Waals surface area contributed by atoms with Crippen LogP contribution in [0.15, 0.2) is 12.4 Å². The van der Waals surface area contributed by atoms with Gasteiger partial charge in [0.15, 0.2) is 0 Å². The van der Waals surface area contributed by atoms with Crippen molar-refractivity contribution in [2.45, 2.75) is 32.5 Å². The number of alkyl halides is 2. The van der Waals surface area contributed by atoms with E-state index >= 15 is 0 Å². The second-order valence-electron chi connectivity index (χ2n) is 4.01. The van der Waals surface area contributed by atoms with Crippen LogP contribution in [0.5, 0.6) is 0 Å². The lowest BCUT2D eigenvalue weighted by Crippen LogP contribution is -2.37. The van der Waals surface area contributed by atoms with Crippen LogP contribution in [-0.2, 0) is 11.3 Å². The van der Waals surface area contributed by atoms with E-state index in [1.807, 2.05) is 0 Å². The van der Waals surface area contributed by atoms with Crippen LogP contribution in [0.4, 0.5) is 8.78 Å². The summed E-state index contributed by atoms with van der Waals surface area (Å²) in [6, 6.07) is 0. The molecule has 2 N–H and O–H groups in total. The van der Waals surface area contributed by atoms with Crippen LogP contribution in [0.1, 0.15) is 26.2 Å². The van der Waals surface area contributed by atoms with Crippen LogP contribution >= 0.6 is 0 Å². The van der Waals surface area contributed by atoms with Crippen molar-refractivity contribution in [1.82, 2.24) is 9.55 Å². The molecular weight excluding hydrogens is 204 g/mol. The highest BCUT2D eigenvalue weighted by atomic mass is 19.3. The van der Waals surface area contributed by atoms with E-state index in [1.54, 1.807) is 13.8 Å². The fraction of sp³-hybridized carbons (Fsp3) is 0.667. The zero-order chi connectivity index (χ0) is 11.5. The molecule has 15 heavy (non-hydrogen) atoms. The number of rotatable bonds is 5. The Morgan fingerprint density at radius 3 is 2.80 bits per heavy atom. The van der Waals surface area contributed by atoms with E-state index in [1.165, 1.54) is 12.4 Å². The van der Waals surface area contributed by atoms with Gasteiger partial charge in [0.1, 0.15) is 12.4 Å². The van der Waals surface area contributed by atoms with Gasteiger partial charge in [0.2, 0.25) is 0 Å². The standard InChI is InChI=1S/C9H15F2N3O/c1-9(2,12)6-15-5-7-13-3-4-14(7)8(10)11/h3-4,8H,5-6,12H2,1-2H3. The third kappa shape index (κ3) is 3.93. The Labute approximate surface area is 87.0 Å². The fourth-order valence-corrected chi connectivity index (χ4v) is 1.04. The largest absolute Gasteiger partial charge is 0.372 e. The Balaban J connectivity index is 2.47. The summed E-state index contributed by atoms with van der Waals surface area (Å²) in [5.41, 5.74) is 5.20. The molecule has 1 aromatic heterocycles. The molecule has 0 radical (unpaired) electrons. The normalized spacial score (nSPS) is 12.4. The number of ether oxygens (including phenoxy) is 1. The molecule has 4 nitrogen and oxygen atoms in total. The summed E-state index contributed by atoms with van der Waals surface area (Å²) in [4.78, 5) is 3.77. The lowest BCUT2D eigenvalue weighted by molar-refractivity contribution is 0.0443. The topological polar surface area (TPSA) is 53.1 Å². The summed E-state index contributed by atoms with van der Waals surface area (Å²) < 4.78 is 30.7. The van der Waals surface area contributed by atoms with Crippen LogP contribution < -0.4 is 5.73 Å². The quantitative estimate of drug-likeness (QED) is 0.817. The maximum absolute atomic E-state index is 12.4. The Kier molecular flexibility index (Phi) is 3.76. The number of imidazole rings is 1. The van der Waals surface area contributed by atoms with Gasteiger partial charge in [0.25, 0.3) is 0 Å². The van der Waals surface area contributed by atoms with E-state index in [0.29, 0.717) is 6.61 Å². The van der Waals surface area contributed by atoms with E-state index in [2.05, 4.69) is 4.98 Å². The van der Waals surface area contributed by atoms with Gasteiger partial charge in [-0.2, -0.15) is 8.78 Å². The van der Waals surface area contributed by atoms with Gasteiger partial charge in [0, 0.05) is 17.9 Å². The fourth-order valence-electron chi connectivity index (χ4n) is 1.04. The highest BCUT2D eigenvalue weighted by Gasteiger charge is 2.14. The second-order valence-corrected chi connectivity index (χ2v) is 4.01. The average molecular weight is 219 g/mol. The van der Waals surface area contributed by atoms with Crippen molar-refractivity contribution < 1.29 is 13.5 Å². The van der Waals surface area contributed by atoms with E-state index in [-0.39, 0.29) is 12.4 Å². The monoisotopic (exact) mass is 219 g/mol. The maximum Gasteiger partial charge on any atom is 0.320 e. The zero-order valence-corrected chi connectivity index (χ0v) is 8.78. The predicted molar refractivity (Wildman–Crippen MR) is 51.4 cm³/mol. The van der Waals surface area contributed by atoms with Crippen molar-refractivity contribution in [3.05, 3.63) is 18.2 Å². The molecule has 1 aromatic rings. The molecule has 0 saturated heterocycles. The van der Waals surface area contributed by atoms with Gasteiger partial charge in [-0.3, -0.25) is 4.57 Å². The number of aromatic nitrogens is 2. The predicted octanol–water partition coefficient (Wildman–Crippen LogP) is 1.53. The lowest BCUT2D eigenvalue weighted by atomic mass is 10.1.